The van der Waals surface area contributed by atoms with Gasteiger partial charge in [-0.2, -0.15) is 13.2 Å². The van der Waals surface area contributed by atoms with E-state index in [1.165, 1.54) is 11.3 Å². The number of amides is 1. The minimum Gasteiger partial charge on any atom is -0.475 e. The van der Waals surface area contributed by atoms with Crippen molar-refractivity contribution in [1.29, 1.82) is 0 Å². The lowest BCUT2D eigenvalue weighted by molar-refractivity contribution is -0.205. The smallest absolute Gasteiger partial charge is 0.475 e. The normalized spacial score (nSPS) is 23.6. The van der Waals surface area contributed by atoms with Gasteiger partial charge in [-0.25, -0.2) is 23.1 Å². The van der Waals surface area contributed by atoms with Crippen molar-refractivity contribution in [2.45, 2.75) is 62.8 Å². The quantitative estimate of drug-likeness (QED) is 0.246. The van der Waals surface area contributed by atoms with Crippen LogP contribution in [0.25, 0.3) is 5.65 Å². The molecule has 1 aliphatic carbocycles. The number of methoxy groups -OCH3 is 1. The summed E-state index contributed by atoms with van der Waals surface area (Å²) in [5, 5.41) is 21.3. The van der Waals surface area contributed by atoms with Crippen molar-refractivity contribution in [2.75, 3.05) is 81.6 Å². The van der Waals surface area contributed by atoms with Gasteiger partial charge in [0.2, 0.25) is 0 Å². The third-order valence-corrected chi connectivity index (χ3v) is 11.7. The molecule has 54 heavy (non-hydrogen) atoms. The lowest BCUT2D eigenvalue weighted by atomic mass is 9.69. The monoisotopic (exact) mass is 763 g/mol. The Morgan fingerprint density at radius 3 is 2.44 bits per heavy atom. The lowest BCUT2D eigenvalue weighted by Crippen LogP contribution is -2.70. The number of ether oxygens (including phenoxy) is 1. The summed E-state index contributed by atoms with van der Waals surface area (Å²) < 4.78 is 68.1. The van der Waals surface area contributed by atoms with Crippen LogP contribution in [-0.2, 0) is 16.0 Å². The molecule has 0 unspecified atom stereocenters. The Bertz CT molecular complexity index is 1860. The van der Waals surface area contributed by atoms with E-state index in [0.717, 1.165) is 75.5 Å². The number of carboxylic acids is 1. The van der Waals surface area contributed by atoms with Crippen LogP contribution < -0.4 is 25.8 Å². The molecule has 18 heteroatoms. The minimum atomic E-state index is -5.08. The Labute approximate surface area is 309 Å². The number of hydrogen-bond acceptors (Lipinski definition) is 10. The van der Waals surface area contributed by atoms with Gasteiger partial charge in [-0.3, -0.25) is 4.79 Å². The fourth-order valence-electron chi connectivity index (χ4n) is 8.53. The summed E-state index contributed by atoms with van der Waals surface area (Å²) in [5.41, 5.74) is 4.70. The molecule has 5 aliphatic rings. The first kappa shape index (κ1) is 38.0. The van der Waals surface area contributed by atoms with Gasteiger partial charge in [0.15, 0.2) is 17.2 Å². The zero-order valence-electron chi connectivity index (χ0n) is 30.3. The number of aliphatic carboxylic acids is 1. The average molecular weight is 764 g/mol. The fraction of sp³-hybridized carbons (Fsp3) is 0.611. The number of carbonyl (C=O) groups is 2. The Balaban J connectivity index is 0.000000588. The number of alkyl halides is 5. The molecule has 1 amide bonds. The summed E-state index contributed by atoms with van der Waals surface area (Å²) in [5.74, 6) is -4.28. The van der Waals surface area contributed by atoms with Gasteiger partial charge < -0.3 is 40.5 Å². The average Bonchev–Trinajstić information content (AvgIpc) is 3.75. The largest absolute Gasteiger partial charge is 0.490 e. The molecule has 8 rings (SSSR count). The van der Waals surface area contributed by atoms with Crippen LogP contribution in [0.1, 0.15) is 48.2 Å². The first-order chi connectivity index (χ1) is 25.7. The molecule has 0 bridgehead atoms. The van der Waals surface area contributed by atoms with Gasteiger partial charge in [-0.1, -0.05) is 6.07 Å². The van der Waals surface area contributed by atoms with E-state index < -0.39 is 23.5 Å². The van der Waals surface area contributed by atoms with Crippen molar-refractivity contribution >= 4 is 40.4 Å². The van der Waals surface area contributed by atoms with Gasteiger partial charge in [0.05, 0.1) is 36.0 Å². The zero-order chi connectivity index (χ0) is 38.4. The van der Waals surface area contributed by atoms with Crippen LogP contribution in [0.2, 0.25) is 0 Å². The standard InChI is InChI=1S/C34H45F2N9O2.C2HF3O2/c1-37-25-16-30(41-45-28(17-39-31(25)45)32(46)40-24-6-7-29(24)47-2)44-15-10-23-26(4-3-5-27(23)44)43-13-8-22(9-14-43)18-42-20-33(21-42)11-12-38-19-34(33,35)36;3-2(4,5)1(6)7/h3-5,16-17,22,24,29,37-38H,6-15,18-21H2,1-2H3,(H,40,46);(H,6,7)/t24-,29-;/m1./s1. The van der Waals surface area contributed by atoms with Crippen molar-refractivity contribution in [1.82, 2.24) is 30.1 Å². The van der Waals surface area contributed by atoms with Crippen LogP contribution >= 0.6 is 0 Å². The summed E-state index contributed by atoms with van der Waals surface area (Å²) in [7, 11) is 3.53. The number of benzene rings is 1. The van der Waals surface area contributed by atoms with E-state index >= 15 is 0 Å². The molecule has 2 atom stereocenters. The maximum absolute atomic E-state index is 14.6. The van der Waals surface area contributed by atoms with Crippen molar-refractivity contribution in [3.05, 3.63) is 41.7 Å². The number of likely N-dealkylation sites (tertiary alicyclic amines) is 1. The maximum Gasteiger partial charge on any atom is 0.490 e. The molecule has 294 valence electrons. The molecule has 0 radical (unpaired) electrons. The summed E-state index contributed by atoms with van der Waals surface area (Å²) in [6.45, 7) is 5.20. The summed E-state index contributed by atoms with van der Waals surface area (Å²) in [6, 6.07) is 8.50. The molecule has 4 aliphatic heterocycles. The van der Waals surface area contributed by atoms with Crippen molar-refractivity contribution in [3.63, 3.8) is 0 Å². The highest BCUT2D eigenvalue weighted by atomic mass is 19.4. The molecule has 6 heterocycles. The molecule has 1 aromatic carbocycles. The van der Waals surface area contributed by atoms with Gasteiger partial charge in [0.25, 0.3) is 11.8 Å². The van der Waals surface area contributed by atoms with Crippen LogP contribution in [0, 0.1) is 11.3 Å². The van der Waals surface area contributed by atoms with Gasteiger partial charge in [0, 0.05) is 76.4 Å². The molecular weight excluding hydrogens is 717 g/mol. The van der Waals surface area contributed by atoms with E-state index in [4.69, 9.17) is 19.7 Å². The number of nitrogens with zero attached hydrogens (tertiary/aromatic N) is 6. The lowest BCUT2D eigenvalue weighted by Gasteiger charge is -2.56. The number of carboxylic acid groups (broad SMARTS) is 1. The number of nitrogens with one attached hydrogen (secondary N) is 3. The summed E-state index contributed by atoms with van der Waals surface area (Å²) >= 11 is 0. The fourth-order valence-corrected chi connectivity index (χ4v) is 8.53. The number of anilines is 4. The molecule has 4 N–H and O–H groups in total. The highest BCUT2D eigenvalue weighted by molar-refractivity contribution is 5.94. The Morgan fingerprint density at radius 1 is 1.09 bits per heavy atom. The molecular formula is C36H46F5N9O4. The first-order valence-electron chi connectivity index (χ1n) is 18.4. The highest BCUT2D eigenvalue weighted by Crippen LogP contribution is 2.49. The topological polar surface area (TPSA) is 140 Å². The van der Waals surface area contributed by atoms with Crippen LogP contribution in [0.4, 0.5) is 44.8 Å². The summed E-state index contributed by atoms with van der Waals surface area (Å²) in [4.78, 5) is 33.7. The van der Waals surface area contributed by atoms with Gasteiger partial charge in [-0.05, 0) is 63.1 Å². The number of hydrogen-bond donors (Lipinski definition) is 4. The van der Waals surface area contributed by atoms with Crippen LogP contribution in [0.15, 0.2) is 30.5 Å². The second-order valence-electron chi connectivity index (χ2n) is 15.0. The van der Waals surface area contributed by atoms with Crippen LogP contribution in [0.3, 0.4) is 0 Å². The number of aromatic nitrogens is 3. The number of halogens is 5. The SMILES string of the molecule is CNc1cc(N2CCc3c(N4CCC(CN5CC6(CCNCC6(F)F)C5)CC4)cccc32)nn2c(C(=O)N[C@@H]3CC[C@H]3OC)cnc12.O=C(O)C(F)(F)F. The highest BCUT2D eigenvalue weighted by Gasteiger charge is 2.61. The third kappa shape index (κ3) is 7.14. The molecule has 13 nitrogen and oxygen atoms in total. The molecule has 2 aromatic heterocycles. The number of fused-ring (bicyclic) bond motifs is 2. The van der Waals surface area contributed by atoms with E-state index in [-0.39, 0.29) is 24.6 Å². The van der Waals surface area contributed by atoms with Crippen molar-refractivity contribution in [2.24, 2.45) is 11.3 Å². The second-order valence-corrected chi connectivity index (χ2v) is 15.0. The van der Waals surface area contributed by atoms with Gasteiger partial charge in [-0.15, -0.1) is 5.10 Å². The maximum atomic E-state index is 14.6. The third-order valence-electron chi connectivity index (χ3n) is 11.7. The number of rotatable bonds is 8. The van der Waals surface area contributed by atoms with Crippen LogP contribution in [0.5, 0.6) is 0 Å². The predicted molar refractivity (Wildman–Crippen MR) is 191 cm³/mol. The Kier molecular flexibility index (Phi) is 10.4. The Hall–Kier alpha value is -4.29. The first-order valence-corrected chi connectivity index (χ1v) is 18.4. The van der Waals surface area contributed by atoms with Gasteiger partial charge in [0.1, 0.15) is 0 Å². The van der Waals surface area contributed by atoms with E-state index in [1.54, 1.807) is 17.8 Å². The van der Waals surface area contributed by atoms with E-state index in [0.29, 0.717) is 43.3 Å². The predicted octanol–water partition coefficient (Wildman–Crippen LogP) is 4.15. The molecule has 3 aromatic rings. The molecule has 1 spiro atoms. The van der Waals surface area contributed by atoms with Crippen molar-refractivity contribution in [3.8, 4) is 0 Å². The van der Waals surface area contributed by atoms with E-state index in [9.17, 15) is 26.7 Å². The number of imidazole rings is 1. The molecule has 4 fully saturated rings. The number of piperidine rings is 2. The van der Waals surface area contributed by atoms with E-state index in [2.05, 4.69) is 53.8 Å². The molecule has 1 saturated carbocycles. The summed E-state index contributed by atoms with van der Waals surface area (Å²) in [6.07, 6.45) is 1.98. The van der Waals surface area contributed by atoms with Crippen molar-refractivity contribution < 1.29 is 41.4 Å². The minimum absolute atomic E-state index is 0.00545. The zero-order valence-corrected chi connectivity index (χ0v) is 30.3. The molecule has 3 saturated heterocycles. The van der Waals surface area contributed by atoms with Gasteiger partial charge >= 0.3 is 12.1 Å². The number of carbonyl (C=O) groups excluding carboxylic acids is 1. The Morgan fingerprint density at radius 2 is 1.81 bits per heavy atom. The van der Waals surface area contributed by atoms with Crippen LogP contribution in [-0.4, -0.2) is 127 Å². The van der Waals surface area contributed by atoms with E-state index in [1.807, 2.05) is 13.1 Å². The second kappa shape index (κ2) is 14.7.